The summed E-state index contributed by atoms with van der Waals surface area (Å²) in [5.74, 6) is -1.16. The molecule has 0 aromatic carbocycles. The molecule has 0 radical (unpaired) electrons. The van der Waals surface area contributed by atoms with Gasteiger partial charge in [0.1, 0.15) is 0 Å². The van der Waals surface area contributed by atoms with Crippen LogP contribution in [0.2, 0.25) is 0 Å². The van der Waals surface area contributed by atoms with Gasteiger partial charge in [0.25, 0.3) is 0 Å². The Morgan fingerprint density at radius 1 is 1.27 bits per heavy atom. The van der Waals surface area contributed by atoms with Gasteiger partial charge < -0.3 is 5.32 Å². The standard InChI is InChI=1S/C6H8F3N.ClH/c7-6(8,9)5-3-1-4(5)10-2-3;/h3-5,10H,1-2H2;1H/t3-,4-,5+;/m0./s1. The number of fused-ring (bicyclic) bond motifs is 1. The molecule has 1 aliphatic carbocycles. The first-order chi connectivity index (χ1) is 4.59. The van der Waals surface area contributed by atoms with Gasteiger partial charge in [-0.05, 0) is 18.9 Å². The molecule has 66 valence electrons. The van der Waals surface area contributed by atoms with Gasteiger partial charge in [-0.15, -0.1) is 12.4 Å². The van der Waals surface area contributed by atoms with Crippen molar-refractivity contribution in [1.29, 1.82) is 0 Å². The summed E-state index contributed by atoms with van der Waals surface area (Å²) in [6, 6.07) is -0.259. The lowest BCUT2D eigenvalue weighted by Crippen LogP contribution is -2.46. The van der Waals surface area contributed by atoms with Crippen molar-refractivity contribution in [2.24, 2.45) is 11.8 Å². The summed E-state index contributed by atoms with van der Waals surface area (Å²) in [6.45, 7) is 0.564. The molecule has 11 heavy (non-hydrogen) atoms. The van der Waals surface area contributed by atoms with Crippen LogP contribution in [0.15, 0.2) is 0 Å². The van der Waals surface area contributed by atoms with E-state index in [1.54, 1.807) is 0 Å². The van der Waals surface area contributed by atoms with Gasteiger partial charge in [-0.2, -0.15) is 13.2 Å². The van der Waals surface area contributed by atoms with Gasteiger partial charge in [0.05, 0.1) is 5.92 Å². The van der Waals surface area contributed by atoms with Crippen molar-refractivity contribution >= 4 is 12.4 Å². The second kappa shape index (κ2) is 2.52. The fourth-order valence-electron chi connectivity index (χ4n) is 1.97. The molecular formula is C6H9ClF3N. The Bertz CT molecular complexity index is 144. The lowest BCUT2D eigenvalue weighted by Gasteiger charge is -2.35. The number of hydrogen-bond acceptors (Lipinski definition) is 1. The molecule has 0 aromatic rings. The van der Waals surface area contributed by atoms with E-state index in [-0.39, 0.29) is 24.4 Å². The van der Waals surface area contributed by atoms with Crippen LogP contribution in [-0.2, 0) is 0 Å². The lowest BCUT2D eigenvalue weighted by molar-refractivity contribution is -0.207. The van der Waals surface area contributed by atoms with Crippen molar-refractivity contribution in [3.05, 3.63) is 0 Å². The third kappa shape index (κ3) is 1.22. The zero-order valence-electron chi connectivity index (χ0n) is 5.69. The zero-order chi connectivity index (χ0) is 7.35. The van der Waals surface area contributed by atoms with E-state index in [1.165, 1.54) is 0 Å². The molecule has 1 N–H and O–H groups in total. The molecule has 5 heteroatoms. The first kappa shape index (κ1) is 9.13. The second-order valence-electron chi connectivity index (χ2n) is 3.08. The maximum atomic E-state index is 12.0. The van der Waals surface area contributed by atoms with Gasteiger partial charge in [-0.25, -0.2) is 0 Å². The Kier molecular flexibility index (Phi) is 2.09. The van der Waals surface area contributed by atoms with Crippen LogP contribution in [0.4, 0.5) is 13.2 Å². The maximum absolute atomic E-state index is 12.0. The van der Waals surface area contributed by atoms with E-state index in [9.17, 15) is 13.2 Å². The summed E-state index contributed by atoms with van der Waals surface area (Å²) in [7, 11) is 0. The Morgan fingerprint density at radius 2 is 1.91 bits per heavy atom. The van der Waals surface area contributed by atoms with Crippen LogP contribution in [0, 0.1) is 11.8 Å². The van der Waals surface area contributed by atoms with Gasteiger partial charge >= 0.3 is 6.18 Å². The minimum Gasteiger partial charge on any atom is -0.313 e. The smallest absolute Gasteiger partial charge is 0.313 e. The quantitative estimate of drug-likeness (QED) is 0.607. The molecule has 0 unspecified atom stereocenters. The van der Waals surface area contributed by atoms with E-state index in [4.69, 9.17) is 0 Å². The first-order valence-corrected chi connectivity index (χ1v) is 3.39. The molecule has 3 rings (SSSR count). The molecule has 3 fully saturated rings. The molecule has 0 amide bonds. The molecule has 2 aliphatic heterocycles. The zero-order valence-corrected chi connectivity index (χ0v) is 6.50. The van der Waals surface area contributed by atoms with Gasteiger partial charge in [0, 0.05) is 6.04 Å². The van der Waals surface area contributed by atoms with E-state index < -0.39 is 12.1 Å². The molecule has 3 atom stereocenters. The highest BCUT2D eigenvalue weighted by Crippen LogP contribution is 2.49. The van der Waals surface area contributed by atoms with Gasteiger partial charge in [-0.1, -0.05) is 0 Å². The average molecular weight is 188 g/mol. The van der Waals surface area contributed by atoms with Crippen molar-refractivity contribution < 1.29 is 13.2 Å². The third-order valence-electron chi connectivity index (χ3n) is 2.52. The van der Waals surface area contributed by atoms with E-state index in [0.29, 0.717) is 6.54 Å². The largest absolute Gasteiger partial charge is 0.393 e. The Labute approximate surface area is 68.8 Å². The predicted molar refractivity (Wildman–Crippen MR) is 36.7 cm³/mol. The fraction of sp³-hybridized carbons (Fsp3) is 1.00. The van der Waals surface area contributed by atoms with Gasteiger partial charge in [0.2, 0.25) is 0 Å². The predicted octanol–water partition coefficient (Wildman–Crippen LogP) is 1.58. The van der Waals surface area contributed by atoms with Crippen molar-refractivity contribution in [2.75, 3.05) is 6.54 Å². The molecule has 2 bridgehead atoms. The number of hydrogen-bond donors (Lipinski definition) is 1. The number of halogens is 4. The fourth-order valence-corrected chi connectivity index (χ4v) is 1.97. The molecule has 1 saturated carbocycles. The molecule has 2 heterocycles. The van der Waals surface area contributed by atoms with Crippen LogP contribution < -0.4 is 5.32 Å². The summed E-state index contributed by atoms with van der Waals surface area (Å²) in [5, 5.41) is 2.83. The normalized spacial score (nSPS) is 41.2. The summed E-state index contributed by atoms with van der Waals surface area (Å²) in [5.41, 5.74) is 0. The van der Waals surface area contributed by atoms with E-state index >= 15 is 0 Å². The van der Waals surface area contributed by atoms with Gasteiger partial charge in [-0.3, -0.25) is 0 Å². The number of nitrogens with one attached hydrogen (secondary N) is 1. The maximum Gasteiger partial charge on any atom is 0.393 e. The van der Waals surface area contributed by atoms with Crippen molar-refractivity contribution in [2.45, 2.75) is 18.6 Å². The Morgan fingerprint density at radius 3 is 2.09 bits per heavy atom. The third-order valence-corrected chi connectivity index (χ3v) is 2.52. The summed E-state index contributed by atoms with van der Waals surface area (Å²) in [6.07, 6.45) is -3.23. The monoisotopic (exact) mass is 187 g/mol. The van der Waals surface area contributed by atoms with Crippen LogP contribution in [0.5, 0.6) is 0 Å². The topological polar surface area (TPSA) is 12.0 Å². The Hall–Kier alpha value is 0.0400. The minimum absolute atomic E-state index is 0. The summed E-state index contributed by atoms with van der Waals surface area (Å²) in [4.78, 5) is 0. The Balaban J connectivity index is 0.000000605. The van der Waals surface area contributed by atoms with Crippen LogP contribution in [0.25, 0.3) is 0 Å². The molecule has 3 aliphatic rings. The summed E-state index contributed by atoms with van der Waals surface area (Å²) < 4.78 is 36.0. The molecular weight excluding hydrogens is 179 g/mol. The lowest BCUT2D eigenvalue weighted by atomic mass is 9.73. The highest BCUT2D eigenvalue weighted by atomic mass is 35.5. The second-order valence-corrected chi connectivity index (χ2v) is 3.08. The van der Waals surface area contributed by atoms with Crippen LogP contribution >= 0.6 is 12.4 Å². The molecule has 2 saturated heterocycles. The molecule has 0 aromatic heterocycles. The van der Waals surface area contributed by atoms with E-state index in [0.717, 1.165) is 6.42 Å². The van der Waals surface area contributed by atoms with Gasteiger partial charge in [0.15, 0.2) is 0 Å². The minimum atomic E-state index is -3.96. The van der Waals surface area contributed by atoms with Crippen molar-refractivity contribution in [3.63, 3.8) is 0 Å². The van der Waals surface area contributed by atoms with Crippen LogP contribution in [0.1, 0.15) is 6.42 Å². The molecule has 0 spiro atoms. The first-order valence-electron chi connectivity index (χ1n) is 3.39. The highest BCUT2D eigenvalue weighted by molar-refractivity contribution is 5.85. The van der Waals surface area contributed by atoms with E-state index in [1.807, 2.05) is 0 Å². The van der Waals surface area contributed by atoms with Crippen LogP contribution in [-0.4, -0.2) is 18.8 Å². The van der Waals surface area contributed by atoms with Crippen LogP contribution in [0.3, 0.4) is 0 Å². The molecule has 1 nitrogen and oxygen atoms in total. The highest BCUT2D eigenvalue weighted by Gasteiger charge is 2.59. The van der Waals surface area contributed by atoms with Crippen molar-refractivity contribution in [1.82, 2.24) is 5.32 Å². The summed E-state index contributed by atoms with van der Waals surface area (Å²) >= 11 is 0. The van der Waals surface area contributed by atoms with E-state index in [2.05, 4.69) is 5.32 Å². The van der Waals surface area contributed by atoms with Crippen molar-refractivity contribution in [3.8, 4) is 0 Å². The SMILES string of the molecule is Cl.FC(F)(F)[C@@H]1[C@@H]2CN[C@H]1C2. The number of alkyl halides is 3. The average Bonchev–Trinajstić information content (AvgIpc) is 2.08. The number of rotatable bonds is 0.